The molecule has 0 heterocycles. The van der Waals surface area contributed by atoms with Gasteiger partial charge < -0.3 is 11.1 Å². The maximum absolute atomic E-state index is 13.4. The molecular formula is C13H12BrFN2O2S. The van der Waals surface area contributed by atoms with Gasteiger partial charge in [0.2, 0.25) is 0 Å². The third kappa shape index (κ3) is 3.10. The van der Waals surface area contributed by atoms with Crippen molar-refractivity contribution in [3.8, 4) is 0 Å². The monoisotopic (exact) mass is 358 g/mol. The summed E-state index contributed by atoms with van der Waals surface area (Å²) >= 11 is 3.06. The summed E-state index contributed by atoms with van der Waals surface area (Å²) in [6.45, 7) is 0. The summed E-state index contributed by atoms with van der Waals surface area (Å²) in [6, 6.07) is 9.12. The average Bonchev–Trinajstić information content (AvgIpc) is 2.35. The van der Waals surface area contributed by atoms with Crippen molar-refractivity contribution in [2.24, 2.45) is 0 Å². The Morgan fingerprint density at radius 1 is 1.25 bits per heavy atom. The molecule has 0 atom stereocenters. The third-order valence-electron chi connectivity index (χ3n) is 2.66. The van der Waals surface area contributed by atoms with Crippen LogP contribution < -0.4 is 11.1 Å². The zero-order valence-electron chi connectivity index (χ0n) is 10.5. The Morgan fingerprint density at radius 3 is 2.55 bits per heavy atom. The highest BCUT2D eigenvalue weighted by molar-refractivity contribution is 9.10. The molecule has 106 valence electrons. The standard InChI is InChI=1S/C13H12BrFN2O2S/c1-20(18,19)12-4-2-3-11(13(12)16)17-8-5-6-9(14)10(15)7-8/h2-7,17H,16H2,1H3. The van der Waals surface area contributed by atoms with E-state index in [1.54, 1.807) is 24.3 Å². The molecule has 0 bridgehead atoms. The van der Waals surface area contributed by atoms with E-state index in [2.05, 4.69) is 21.2 Å². The van der Waals surface area contributed by atoms with Crippen LogP contribution in [0, 0.1) is 5.82 Å². The lowest BCUT2D eigenvalue weighted by Crippen LogP contribution is -2.05. The van der Waals surface area contributed by atoms with Crippen LogP contribution in [-0.2, 0) is 9.84 Å². The summed E-state index contributed by atoms with van der Waals surface area (Å²) in [5.74, 6) is -0.423. The number of benzene rings is 2. The van der Waals surface area contributed by atoms with Crippen LogP contribution in [-0.4, -0.2) is 14.7 Å². The van der Waals surface area contributed by atoms with Crippen molar-refractivity contribution >= 4 is 42.8 Å². The quantitative estimate of drug-likeness (QED) is 0.825. The largest absolute Gasteiger partial charge is 0.396 e. The first-order valence-corrected chi connectivity index (χ1v) is 8.28. The summed E-state index contributed by atoms with van der Waals surface area (Å²) in [5.41, 5.74) is 6.84. The topological polar surface area (TPSA) is 72.2 Å². The Balaban J connectivity index is 2.42. The molecule has 0 radical (unpaired) electrons. The number of sulfone groups is 1. The molecule has 2 rings (SSSR count). The molecule has 7 heteroatoms. The molecule has 2 aromatic rings. The number of nitrogen functional groups attached to an aromatic ring is 1. The van der Waals surface area contributed by atoms with E-state index in [1.165, 1.54) is 12.1 Å². The normalized spacial score (nSPS) is 11.3. The van der Waals surface area contributed by atoms with Gasteiger partial charge in [-0.2, -0.15) is 0 Å². The Morgan fingerprint density at radius 2 is 1.95 bits per heavy atom. The van der Waals surface area contributed by atoms with Crippen LogP contribution in [0.5, 0.6) is 0 Å². The van der Waals surface area contributed by atoms with E-state index in [0.717, 1.165) is 6.26 Å². The number of para-hydroxylation sites is 1. The minimum Gasteiger partial charge on any atom is -0.396 e. The van der Waals surface area contributed by atoms with E-state index >= 15 is 0 Å². The van der Waals surface area contributed by atoms with Crippen LogP contribution in [0.3, 0.4) is 0 Å². The number of hydrogen-bond donors (Lipinski definition) is 2. The van der Waals surface area contributed by atoms with Gasteiger partial charge in [-0.3, -0.25) is 0 Å². The van der Waals surface area contributed by atoms with Crippen molar-refractivity contribution < 1.29 is 12.8 Å². The Labute approximate surface area is 124 Å². The number of anilines is 3. The highest BCUT2D eigenvalue weighted by Gasteiger charge is 2.14. The molecule has 0 fully saturated rings. The first-order chi connectivity index (χ1) is 9.29. The number of nitrogens with two attached hydrogens (primary N) is 1. The van der Waals surface area contributed by atoms with Crippen LogP contribution in [0.15, 0.2) is 45.8 Å². The molecule has 0 saturated heterocycles. The minimum absolute atomic E-state index is 0.0417. The minimum atomic E-state index is -3.41. The fourth-order valence-electron chi connectivity index (χ4n) is 1.71. The SMILES string of the molecule is CS(=O)(=O)c1cccc(Nc2ccc(Br)c(F)c2)c1N. The number of halogens is 2. The van der Waals surface area contributed by atoms with Crippen LogP contribution in [0.2, 0.25) is 0 Å². The van der Waals surface area contributed by atoms with Gasteiger partial charge in [-0.05, 0) is 46.3 Å². The number of nitrogens with one attached hydrogen (secondary N) is 1. The van der Waals surface area contributed by atoms with Crippen LogP contribution in [0.25, 0.3) is 0 Å². The molecule has 0 saturated carbocycles. The van der Waals surface area contributed by atoms with Crippen molar-refractivity contribution in [1.29, 1.82) is 0 Å². The van der Waals surface area contributed by atoms with Crippen molar-refractivity contribution in [3.05, 3.63) is 46.7 Å². The van der Waals surface area contributed by atoms with Gasteiger partial charge in [0.15, 0.2) is 9.84 Å². The van der Waals surface area contributed by atoms with E-state index in [0.29, 0.717) is 15.8 Å². The van der Waals surface area contributed by atoms with E-state index in [1.807, 2.05) is 0 Å². The van der Waals surface area contributed by atoms with Crippen LogP contribution >= 0.6 is 15.9 Å². The Hall–Kier alpha value is -1.60. The molecule has 0 unspecified atom stereocenters. The van der Waals surface area contributed by atoms with Crippen LogP contribution in [0.4, 0.5) is 21.5 Å². The average molecular weight is 359 g/mol. The first-order valence-electron chi connectivity index (χ1n) is 5.59. The smallest absolute Gasteiger partial charge is 0.177 e. The summed E-state index contributed by atoms with van der Waals surface area (Å²) in [5, 5.41) is 2.90. The molecule has 20 heavy (non-hydrogen) atoms. The van der Waals surface area contributed by atoms with Gasteiger partial charge in [0.1, 0.15) is 5.82 Å². The van der Waals surface area contributed by atoms with Crippen molar-refractivity contribution in [1.82, 2.24) is 0 Å². The zero-order valence-corrected chi connectivity index (χ0v) is 12.9. The Kier molecular flexibility index (Phi) is 4.01. The van der Waals surface area contributed by atoms with Crippen LogP contribution in [0.1, 0.15) is 0 Å². The second-order valence-electron chi connectivity index (χ2n) is 4.24. The van der Waals surface area contributed by atoms with Gasteiger partial charge >= 0.3 is 0 Å². The summed E-state index contributed by atoms with van der Waals surface area (Å²) in [4.78, 5) is 0.0417. The first kappa shape index (κ1) is 14.8. The highest BCUT2D eigenvalue weighted by atomic mass is 79.9. The van der Waals surface area contributed by atoms with Crippen molar-refractivity contribution in [2.45, 2.75) is 4.90 Å². The molecule has 2 aromatic carbocycles. The van der Waals surface area contributed by atoms with Gasteiger partial charge in [0.05, 0.1) is 20.7 Å². The third-order valence-corrected chi connectivity index (χ3v) is 4.46. The molecule has 0 aliphatic rings. The zero-order chi connectivity index (χ0) is 14.9. The lowest BCUT2D eigenvalue weighted by atomic mass is 10.2. The molecule has 0 aromatic heterocycles. The van der Waals surface area contributed by atoms with Crippen molar-refractivity contribution in [3.63, 3.8) is 0 Å². The van der Waals surface area contributed by atoms with Gasteiger partial charge in [-0.15, -0.1) is 0 Å². The maximum Gasteiger partial charge on any atom is 0.177 e. The summed E-state index contributed by atoms with van der Waals surface area (Å²) in [7, 11) is -3.41. The fraction of sp³-hybridized carbons (Fsp3) is 0.0769. The molecule has 0 aliphatic heterocycles. The fourth-order valence-corrected chi connectivity index (χ4v) is 2.79. The van der Waals surface area contributed by atoms with E-state index in [9.17, 15) is 12.8 Å². The molecule has 0 amide bonds. The molecule has 3 N–H and O–H groups in total. The second-order valence-corrected chi connectivity index (χ2v) is 7.08. The maximum atomic E-state index is 13.4. The van der Waals surface area contributed by atoms with Gasteiger partial charge in [-0.1, -0.05) is 6.07 Å². The lowest BCUT2D eigenvalue weighted by Gasteiger charge is -2.12. The Bertz CT molecular complexity index is 763. The van der Waals surface area contributed by atoms with Gasteiger partial charge in [-0.25, -0.2) is 12.8 Å². The number of rotatable bonds is 3. The second kappa shape index (κ2) is 5.41. The van der Waals surface area contributed by atoms with E-state index in [4.69, 9.17) is 5.73 Å². The molecule has 0 aliphatic carbocycles. The van der Waals surface area contributed by atoms with Crippen molar-refractivity contribution in [2.75, 3.05) is 17.3 Å². The molecular weight excluding hydrogens is 347 g/mol. The summed E-state index contributed by atoms with van der Waals surface area (Å²) < 4.78 is 37.0. The predicted octanol–water partition coefficient (Wildman–Crippen LogP) is 3.32. The molecule has 4 nitrogen and oxygen atoms in total. The van der Waals surface area contributed by atoms with Gasteiger partial charge in [0, 0.05) is 11.9 Å². The van der Waals surface area contributed by atoms with E-state index in [-0.39, 0.29) is 10.6 Å². The predicted molar refractivity (Wildman–Crippen MR) is 81.3 cm³/mol. The lowest BCUT2D eigenvalue weighted by molar-refractivity contribution is 0.602. The highest BCUT2D eigenvalue weighted by Crippen LogP contribution is 2.30. The van der Waals surface area contributed by atoms with E-state index < -0.39 is 15.7 Å². The van der Waals surface area contributed by atoms with Gasteiger partial charge in [0.25, 0.3) is 0 Å². The summed E-state index contributed by atoms with van der Waals surface area (Å²) in [6.07, 6.45) is 1.09. The number of hydrogen-bond acceptors (Lipinski definition) is 4. The molecule has 0 spiro atoms.